The van der Waals surface area contributed by atoms with E-state index in [0.29, 0.717) is 5.58 Å². The third-order valence-corrected chi connectivity index (χ3v) is 5.64. The van der Waals surface area contributed by atoms with E-state index >= 15 is 0 Å². The van der Waals surface area contributed by atoms with Gasteiger partial charge >= 0.3 is 5.76 Å². The first-order chi connectivity index (χ1) is 14.6. The monoisotopic (exact) mass is 400 g/mol. The third kappa shape index (κ3) is 4.55. The Morgan fingerprint density at radius 2 is 1.77 bits per heavy atom. The van der Waals surface area contributed by atoms with E-state index in [1.807, 2.05) is 18.2 Å². The lowest BCUT2D eigenvalue weighted by Gasteiger charge is -2.26. The van der Waals surface area contributed by atoms with Gasteiger partial charge in [0.25, 0.3) is 0 Å². The number of rotatable bonds is 8. The van der Waals surface area contributed by atoms with Crippen molar-refractivity contribution in [1.82, 2.24) is 10.3 Å². The zero-order chi connectivity index (χ0) is 20.9. The fraction of sp³-hybridized carbons (Fsp3) is 0.269. The number of aromatic amines is 1. The summed E-state index contributed by atoms with van der Waals surface area (Å²) in [6, 6.07) is 25.6. The van der Waals surface area contributed by atoms with E-state index in [1.165, 1.54) is 16.7 Å². The smallest absolute Gasteiger partial charge is 0.408 e. The van der Waals surface area contributed by atoms with Crippen molar-refractivity contribution >= 4 is 11.1 Å². The molecule has 0 saturated heterocycles. The van der Waals surface area contributed by atoms with Gasteiger partial charge in [0.1, 0.15) is 0 Å². The molecule has 154 valence electrons. The minimum atomic E-state index is -0.415. The first kappa shape index (κ1) is 20.2. The van der Waals surface area contributed by atoms with Gasteiger partial charge < -0.3 is 9.73 Å². The first-order valence-corrected chi connectivity index (χ1v) is 10.6. The molecule has 2 unspecified atom stereocenters. The summed E-state index contributed by atoms with van der Waals surface area (Å²) in [4.78, 5) is 14.2. The van der Waals surface area contributed by atoms with Gasteiger partial charge in [0.05, 0.1) is 5.52 Å². The molecule has 4 heteroatoms. The Hall–Kier alpha value is -3.11. The molecule has 0 spiro atoms. The van der Waals surface area contributed by atoms with Gasteiger partial charge in [0, 0.05) is 12.1 Å². The van der Waals surface area contributed by atoms with Gasteiger partial charge in [-0.15, -0.1) is 0 Å². The van der Waals surface area contributed by atoms with Crippen LogP contribution in [-0.2, 0) is 6.42 Å². The van der Waals surface area contributed by atoms with E-state index < -0.39 is 5.76 Å². The second-order valence-electron chi connectivity index (χ2n) is 7.86. The number of oxazole rings is 1. The van der Waals surface area contributed by atoms with Crippen molar-refractivity contribution in [3.8, 4) is 0 Å². The summed E-state index contributed by atoms with van der Waals surface area (Å²) < 4.78 is 5.24. The van der Waals surface area contributed by atoms with Crippen LogP contribution >= 0.6 is 0 Å². The Bertz CT molecular complexity index is 1160. The van der Waals surface area contributed by atoms with E-state index in [0.717, 1.165) is 30.3 Å². The molecule has 0 radical (unpaired) electrons. The lowest BCUT2D eigenvalue weighted by Crippen LogP contribution is -2.25. The molecule has 0 amide bonds. The van der Waals surface area contributed by atoms with Crippen LogP contribution in [0.1, 0.15) is 61.0 Å². The van der Waals surface area contributed by atoms with E-state index in [9.17, 15) is 4.79 Å². The summed E-state index contributed by atoms with van der Waals surface area (Å²) in [7, 11) is 0. The third-order valence-electron chi connectivity index (χ3n) is 5.64. The molecule has 4 nitrogen and oxygen atoms in total. The number of H-pyrrole nitrogens is 1. The molecule has 3 aromatic carbocycles. The molecule has 30 heavy (non-hydrogen) atoms. The van der Waals surface area contributed by atoms with Crippen molar-refractivity contribution in [1.29, 1.82) is 0 Å². The number of nitrogens with one attached hydrogen (secondary N) is 2. The maximum atomic E-state index is 11.5. The maximum absolute atomic E-state index is 11.5. The molecule has 0 aliphatic carbocycles. The summed E-state index contributed by atoms with van der Waals surface area (Å²) in [6.07, 6.45) is 3.07. The minimum absolute atomic E-state index is 0.121. The molecule has 2 atom stereocenters. The van der Waals surface area contributed by atoms with Crippen LogP contribution in [0.3, 0.4) is 0 Å². The predicted molar refractivity (Wildman–Crippen MR) is 122 cm³/mol. The van der Waals surface area contributed by atoms with Gasteiger partial charge in [0.2, 0.25) is 0 Å². The fourth-order valence-corrected chi connectivity index (χ4v) is 4.10. The molecule has 2 N–H and O–H groups in total. The zero-order valence-corrected chi connectivity index (χ0v) is 17.5. The average Bonchev–Trinajstić information content (AvgIpc) is 3.14. The Balaban J connectivity index is 1.59. The summed E-state index contributed by atoms with van der Waals surface area (Å²) >= 11 is 0. The number of benzene rings is 3. The molecule has 0 saturated carbocycles. The predicted octanol–water partition coefficient (Wildman–Crippen LogP) is 5.90. The number of fused-ring (bicyclic) bond motifs is 1. The van der Waals surface area contributed by atoms with E-state index in [-0.39, 0.29) is 12.1 Å². The number of hydrogen-bond acceptors (Lipinski definition) is 3. The lowest BCUT2D eigenvalue weighted by molar-refractivity contribution is 0.437. The van der Waals surface area contributed by atoms with Crippen LogP contribution in [0.25, 0.3) is 11.1 Å². The van der Waals surface area contributed by atoms with Gasteiger partial charge in [-0.05, 0) is 54.2 Å². The highest BCUT2D eigenvalue weighted by Gasteiger charge is 2.18. The maximum Gasteiger partial charge on any atom is 0.417 e. The fourth-order valence-electron chi connectivity index (χ4n) is 4.10. The van der Waals surface area contributed by atoms with Crippen LogP contribution in [0.5, 0.6) is 0 Å². The molecule has 1 heterocycles. The topological polar surface area (TPSA) is 58.0 Å². The van der Waals surface area contributed by atoms with Crippen molar-refractivity contribution in [3.05, 3.63) is 106 Å². The second kappa shape index (κ2) is 9.14. The molecule has 0 bridgehead atoms. The van der Waals surface area contributed by atoms with Crippen LogP contribution in [0, 0.1) is 0 Å². The zero-order valence-electron chi connectivity index (χ0n) is 17.5. The summed E-state index contributed by atoms with van der Waals surface area (Å²) in [5.74, 6) is -0.415. The average molecular weight is 401 g/mol. The first-order valence-electron chi connectivity index (χ1n) is 10.6. The van der Waals surface area contributed by atoms with Crippen LogP contribution in [-0.4, -0.2) is 4.98 Å². The molecule has 0 aliphatic rings. The summed E-state index contributed by atoms with van der Waals surface area (Å²) in [6.45, 7) is 4.38. The van der Waals surface area contributed by atoms with Gasteiger partial charge in [-0.3, -0.25) is 4.98 Å². The Kier molecular flexibility index (Phi) is 6.15. The normalized spacial score (nSPS) is 13.4. The highest BCUT2D eigenvalue weighted by molar-refractivity contribution is 5.72. The second-order valence-corrected chi connectivity index (χ2v) is 7.86. The SMILES string of the molecule is CCCC(NC(C)c1ccc2[nH]c(=O)oc2c1)c1ccccc1Cc1ccccc1. The van der Waals surface area contributed by atoms with E-state index in [1.54, 1.807) is 0 Å². The van der Waals surface area contributed by atoms with Crippen molar-refractivity contribution in [2.75, 3.05) is 0 Å². The Morgan fingerprint density at radius 3 is 2.57 bits per heavy atom. The minimum Gasteiger partial charge on any atom is -0.408 e. The van der Waals surface area contributed by atoms with Gasteiger partial charge in [-0.25, -0.2) is 4.79 Å². The molecule has 4 aromatic rings. The molecule has 4 rings (SSSR count). The highest BCUT2D eigenvalue weighted by Crippen LogP contribution is 2.28. The van der Waals surface area contributed by atoms with Gasteiger partial charge in [-0.2, -0.15) is 0 Å². The Labute approximate surface area is 177 Å². The summed E-state index contributed by atoms with van der Waals surface area (Å²) in [5.41, 5.74) is 6.46. The number of hydrogen-bond donors (Lipinski definition) is 2. The van der Waals surface area contributed by atoms with Crippen molar-refractivity contribution in [2.45, 2.75) is 45.2 Å². The molecular weight excluding hydrogens is 372 g/mol. The van der Waals surface area contributed by atoms with Crippen LogP contribution in [0.2, 0.25) is 0 Å². The van der Waals surface area contributed by atoms with E-state index in [2.05, 4.69) is 78.7 Å². The van der Waals surface area contributed by atoms with Crippen LogP contribution < -0.4 is 11.1 Å². The van der Waals surface area contributed by atoms with Crippen molar-refractivity contribution in [2.24, 2.45) is 0 Å². The molecule has 1 aromatic heterocycles. The van der Waals surface area contributed by atoms with Crippen LogP contribution in [0.4, 0.5) is 0 Å². The quantitative estimate of drug-likeness (QED) is 0.387. The highest BCUT2D eigenvalue weighted by atomic mass is 16.4. The van der Waals surface area contributed by atoms with Crippen molar-refractivity contribution in [3.63, 3.8) is 0 Å². The lowest BCUT2D eigenvalue weighted by atomic mass is 9.92. The molecular formula is C26H28N2O2. The van der Waals surface area contributed by atoms with Crippen LogP contribution in [0.15, 0.2) is 82.0 Å². The molecule has 0 aliphatic heterocycles. The summed E-state index contributed by atoms with van der Waals surface area (Å²) in [5, 5.41) is 3.82. The molecule has 0 fully saturated rings. The largest absolute Gasteiger partial charge is 0.417 e. The van der Waals surface area contributed by atoms with Gasteiger partial charge in [0.15, 0.2) is 5.58 Å². The van der Waals surface area contributed by atoms with Gasteiger partial charge in [-0.1, -0.05) is 74.0 Å². The Morgan fingerprint density at radius 1 is 1.00 bits per heavy atom. The van der Waals surface area contributed by atoms with E-state index in [4.69, 9.17) is 4.42 Å². The number of aromatic nitrogens is 1. The standard InChI is InChI=1S/C26H28N2O2/c1-3-9-23(22-13-8-7-12-21(22)16-19-10-5-4-6-11-19)27-18(2)20-14-15-24-25(17-20)30-26(29)28-24/h4-8,10-15,17-18,23,27H,3,9,16H2,1-2H3,(H,28,29). The van der Waals surface area contributed by atoms with Crippen molar-refractivity contribution < 1.29 is 4.42 Å².